The van der Waals surface area contributed by atoms with Crippen LogP contribution < -0.4 is 0 Å². The van der Waals surface area contributed by atoms with Gasteiger partial charge in [0.15, 0.2) is 0 Å². The van der Waals surface area contributed by atoms with E-state index in [1.807, 2.05) is 4.90 Å². The fourth-order valence-electron chi connectivity index (χ4n) is 3.88. The number of amides is 1. The van der Waals surface area contributed by atoms with Crippen molar-refractivity contribution in [2.75, 3.05) is 46.9 Å². The summed E-state index contributed by atoms with van der Waals surface area (Å²) in [6.07, 6.45) is -5.08. The third-order valence-corrected chi connectivity index (χ3v) is 5.10. The Kier molecular flexibility index (Phi) is 6.89. The molecule has 162 valence electrons. The van der Waals surface area contributed by atoms with Crippen LogP contribution in [-0.4, -0.2) is 79.9 Å². The van der Waals surface area contributed by atoms with Crippen molar-refractivity contribution < 1.29 is 37.0 Å². The maximum Gasteiger partial charge on any atom is 0.490 e. The van der Waals surface area contributed by atoms with Crippen molar-refractivity contribution in [3.63, 3.8) is 0 Å². The number of aryl methyl sites for hydroxylation is 1. The van der Waals surface area contributed by atoms with Gasteiger partial charge in [0.1, 0.15) is 5.82 Å². The molecule has 0 radical (unpaired) electrons. The molecule has 2 atom stereocenters. The summed E-state index contributed by atoms with van der Waals surface area (Å²) in [5, 5.41) is 7.12. The highest BCUT2D eigenvalue weighted by atomic mass is 19.4. The maximum absolute atomic E-state index is 13.2. The van der Waals surface area contributed by atoms with Gasteiger partial charge in [-0.3, -0.25) is 4.79 Å². The zero-order valence-corrected chi connectivity index (χ0v) is 16.4. The van der Waals surface area contributed by atoms with Crippen LogP contribution in [0.5, 0.6) is 0 Å². The van der Waals surface area contributed by atoms with E-state index >= 15 is 0 Å². The van der Waals surface area contributed by atoms with Crippen molar-refractivity contribution in [1.82, 2.24) is 9.80 Å². The average molecular weight is 420 g/mol. The van der Waals surface area contributed by atoms with Crippen LogP contribution in [0.1, 0.15) is 15.9 Å². The number of likely N-dealkylation sites (tertiary alicyclic amines) is 1. The minimum absolute atomic E-state index is 0.00466. The Morgan fingerprint density at radius 3 is 2.48 bits per heavy atom. The summed E-state index contributed by atoms with van der Waals surface area (Å²) in [5.41, 5.74) is 1.33. The first kappa shape index (κ1) is 23.1. The minimum atomic E-state index is -5.08. The van der Waals surface area contributed by atoms with Crippen LogP contribution in [0.15, 0.2) is 18.2 Å². The van der Waals surface area contributed by atoms with Gasteiger partial charge in [-0.05, 0) is 44.8 Å². The van der Waals surface area contributed by atoms with Crippen molar-refractivity contribution in [2.24, 2.45) is 11.3 Å². The average Bonchev–Trinajstić information content (AvgIpc) is 3.09. The highest BCUT2D eigenvalue weighted by Crippen LogP contribution is 2.42. The number of nitrogens with zero attached hydrogens (tertiary/aromatic N) is 2. The van der Waals surface area contributed by atoms with Gasteiger partial charge in [0.05, 0.1) is 13.2 Å². The fraction of sp³-hybridized carbons (Fsp3) is 0.579. The van der Waals surface area contributed by atoms with Gasteiger partial charge in [-0.2, -0.15) is 13.2 Å². The number of fused-ring (bicyclic) bond motifs is 1. The molecule has 1 amide bonds. The Hall–Kier alpha value is -2.20. The van der Waals surface area contributed by atoms with E-state index in [4.69, 9.17) is 14.6 Å². The molecular formula is C19H24F4N2O4. The number of carbonyl (C=O) groups is 2. The molecule has 2 fully saturated rings. The summed E-state index contributed by atoms with van der Waals surface area (Å²) < 4.78 is 50.6. The molecule has 0 aliphatic carbocycles. The molecule has 2 heterocycles. The second-order valence-electron chi connectivity index (χ2n) is 7.76. The van der Waals surface area contributed by atoms with Gasteiger partial charge in [0, 0.05) is 36.5 Å². The number of hydrogen-bond donors (Lipinski definition) is 1. The number of carboxylic acid groups (broad SMARTS) is 1. The third kappa shape index (κ3) is 5.45. The smallest absolute Gasteiger partial charge is 0.475 e. The molecule has 1 aromatic carbocycles. The molecule has 0 bridgehead atoms. The second kappa shape index (κ2) is 8.66. The zero-order chi connectivity index (χ0) is 22.0. The van der Waals surface area contributed by atoms with Crippen molar-refractivity contribution >= 4 is 11.9 Å². The molecule has 10 heteroatoms. The Labute approximate surface area is 166 Å². The van der Waals surface area contributed by atoms with E-state index in [9.17, 15) is 22.4 Å². The maximum atomic E-state index is 13.2. The van der Waals surface area contributed by atoms with E-state index in [0.717, 1.165) is 19.7 Å². The Morgan fingerprint density at radius 2 is 1.97 bits per heavy atom. The summed E-state index contributed by atoms with van der Waals surface area (Å²) in [5.74, 6) is -2.66. The number of aliphatic carboxylic acids is 1. The second-order valence-corrected chi connectivity index (χ2v) is 7.76. The molecule has 1 aromatic rings. The van der Waals surface area contributed by atoms with Gasteiger partial charge >= 0.3 is 12.1 Å². The van der Waals surface area contributed by atoms with Crippen LogP contribution >= 0.6 is 0 Å². The van der Waals surface area contributed by atoms with Gasteiger partial charge in [0.2, 0.25) is 0 Å². The molecule has 2 saturated heterocycles. The molecule has 2 aliphatic rings. The summed E-state index contributed by atoms with van der Waals surface area (Å²) >= 11 is 0. The molecule has 0 aromatic heterocycles. The molecular weight excluding hydrogens is 396 g/mol. The summed E-state index contributed by atoms with van der Waals surface area (Å²) in [4.78, 5) is 25.8. The van der Waals surface area contributed by atoms with Crippen LogP contribution in [0.4, 0.5) is 17.6 Å². The van der Waals surface area contributed by atoms with Crippen molar-refractivity contribution in [3.05, 3.63) is 35.1 Å². The number of hydrogen-bond acceptors (Lipinski definition) is 4. The molecule has 0 spiro atoms. The molecule has 0 unspecified atom stereocenters. The number of carbonyl (C=O) groups excluding carboxylic acids is 1. The predicted molar refractivity (Wildman–Crippen MR) is 96.0 cm³/mol. The Bertz CT molecular complexity index is 769. The van der Waals surface area contributed by atoms with E-state index in [-0.39, 0.29) is 17.1 Å². The van der Waals surface area contributed by atoms with Crippen LogP contribution in [0.2, 0.25) is 0 Å². The van der Waals surface area contributed by atoms with Crippen molar-refractivity contribution in [1.29, 1.82) is 0 Å². The SMILES string of the molecule is Cc1cc(F)ccc1C(=O)N1C[C@@H]2COC[C@]2(CN(C)C)C1.O=C(O)C(F)(F)F. The summed E-state index contributed by atoms with van der Waals surface area (Å²) in [6, 6.07) is 4.37. The molecule has 29 heavy (non-hydrogen) atoms. The van der Waals surface area contributed by atoms with E-state index in [0.29, 0.717) is 30.2 Å². The number of rotatable bonds is 3. The van der Waals surface area contributed by atoms with Crippen LogP contribution in [0.3, 0.4) is 0 Å². The lowest BCUT2D eigenvalue weighted by atomic mass is 9.81. The lowest BCUT2D eigenvalue weighted by Gasteiger charge is -2.30. The van der Waals surface area contributed by atoms with E-state index in [2.05, 4.69) is 19.0 Å². The van der Waals surface area contributed by atoms with Crippen LogP contribution in [0, 0.1) is 24.1 Å². The molecule has 0 saturated carbocycles. The van der Waals surface area contributed by atoms with Gasteiger partial charge in [-0.1, -0.05) is 0 Å². The van der Waals surface area contributed by atoms with Gasteiger partial charge < -0.3 is 19.6 Å². The van der Waals surface area contributed by atoms with Gasteiger partial charge in [-0.15, -0.1) is 0 Å². The van der Waals surface area contributed by atoms with Crippen LogP contribution in [-0.2, 0) is 9.53 Å². The van der Waals surface area contributed by atoms with Gasteiger partial charge in [0.25, 0.3) is 5.91 Å². The largest absolute Gasteiger partial charge is 0.490 e. The first-order valence-corrected chi connectivity index (χ1v) is 8.94. The van der Waals surface area contributed by atoms with Gasteiger partial charge in [-0.25, -0.2) is 9.18 Å². The lowest BCUT2D eigenvalue weighted by molar-refractivity contribution is -0.192. The zero-order valence-electron chi connectivity index (χ0n) is 16.4. The molecule has 3 rings (SSSR count). The first-order valence-electron chi connectivity index (χ1n) is 8.94. The van der Waals surface area contributed by atoms with E-state index in [1.165, 1.54) is 12.1 Å². The molecule has 1 N–H and O–H groups in total. The standard InChI is InChI=1S/C17H23FN2O2.C2HF3O2/c1-12-6-14(18)4-5-15(12)16(21)20-7-13-8-22-11-17(13,10-20)9-19(2)3;3-2(4,5)1(6)7/h4-6,13H,7-11H2,1-3H3;(H,6,7)/t13-,17+;/m1./s1. The summed E-state index contributed by atoms with van der Waals surface area (Å²) in [7, 11) is 4.11. The van der Waals surface area contributed by atoms with Crippen molar-refractivity contribution in [2.45, 2.75) is 13.1 Å². The first-order chi connectivity index (χ1) is 13.4. The van der Waals surface area contributed by atoms with E-state index < -0.39 is 12.1 Å². The quantitative estimate of drug-likeness (QED) is 0.761. The Balaban J connectivity index is 0.000000370. The number of halogens is 4. The highest BCUT2D eigenvalue weighted by Gasteiger charge is 2.52. The van der Waals surface area contributed by atoms with Crippen molar-refractivity contribution in [3.8, 4) is 0 Å². The topological polar surface area (TPSA) is 70.1 Å². The highest BCUT2D eigenvalue weighted by molar-refractivity contribution is 5.95. The minimum Gasteiger partial charge on any atom is -0.475 e. The van der Waals surface area contributed by atoms with E-state index in [1.54, 1.807) is 13.0 Å². The van der Waals surface area contributed by atoms with Crippen LogP contribution in [0.25, 0.3) is 0 Å². The number of alkyl halides is 3. The molecule has 2 aliphatic heterocycles. The predicted octanol–water partition coefficient (Wildman–Crippen LogP) is 2.42. The monoisotopic (exact) mass is 420 g/mol. The third-order valence-electron chi connectivity index (χ3n) is 5.10. The molecule has 6 nitrogen and oxygen atoms in total. The summed E-state index contributed by atoms with van der Waals surface area (Å²) in [6.45, 7) is 5.58. The number of ether oxygens (including phenoxy) is 1. The number of benzene rings is 1. The Morgan fingerprint density at radius 1 is 1.34 bits per heavy atom. The lowest BCUT2D eigenvalue weighted by Crippen LogP contribution is -2.41. The normalized spacial score (nSPS) is 23.6. The fourth-order valence-corrected chi connectivity index (χ4v) is 3.88. The number of carboxylic acids is 1.